The number of likely N-dealkylation sites (tertiary alicyclic amines) is 1. The molecule has 0 saturated carbocycles. The van der Waals surface area contributed by atoms with Crippen LogP contribution in [0.1, 0.15) is 43.9 Å². The Morgan fingerprint density at radius 1 is 1.37 bits per heavy atom. The normalized spacial score (nSPS) is 25.2. The standard InChI is InChI=1S/C16H22N2O/c1-16(2)9-5-11-18(16)15(19)14-13-7-4-3-6-12(13)8-10-17-14/h3-4,6-7,14,17H,5,8-11H2,1-2H3. The fourth-order valence-electron chi connectivity index (χ4n) is 3.40. The van der Waals surface area contributed by atoms with Crippen LogP contribution in [0.2, 0.25) is 0 Å². The molecule has 0 aromatic heterocycles. The van der Waals surface area contributed by atoms with Crippen LogP contribution in [0.3, 0.4) is 0 Å². The highest BCUT2D eigenvalue weighted by Gasteiger charge is 2.39. The molecule has 0 spiro atoms. The largest absolute Gasteiger partial charge is 0.336 e. The number of hydrogen-bond donors (Lipinski definition) is 1. The molecule has 1 amide bonds. The van der Waals surface area contributed by atoms with Gasteiger partial charge < -0.3 is 10.2 Å². The second-order valence-electron chi connectivity index (χ2n) is 6.24. The van der Waals surface area contributed by atoms with Crippen LogP contribution in [0, 0.1) is 0 Å². The van der Waals surface area contributed by atoms with Gasteiger partial charge >= 0.3 is 0 Å². The molecule has 1 aromatic rings. The molecule has 1 atom stereocenters. The molecule has 3 rings (SSSR count). The number of nitrogens with zero attached hydrogens (tertiary/aromatic N) is 1. The molecule has 1 fully saturated rings. The second kappa shape index (κ2) is 4.64. The smallest absolute Gasteiger partial charge is 0.244 e. The van der Waals surface area contributed by atoms with E-state index in [1.165, 1.54) is 11.1 Å². The first kappa shape index (κ1) is 12.7. The number of fused-ring (bicyclic) bond motifs is 1. The van der Waals surface area contributed by atoms with Crippen molar-refractivity contribution in [1.29, 1.82) is 0 Å². The van der Waals surface area contributed by atoms with Gasteiger partial charge in [0.25, 0.3) is 0 Å². The van der Waals surface area contributed by atoms with Crippen LogP contribution in [-0.4, -0.2) is 29.4 Å². The topological polar surface area (TPSA) is 32.3 Å². The van der Waals surface area contributed by atoms with Gasteiger partial charge in [-0.25, -0.2) is 0 Å². The Balaban J connectivity index is 1.89. The summed E-state index contributed by atoms with van der Waals surface area (Å²) in [6.07, 6.45) is 3.24. The van der Waals surface area contributed by atoms with Gasteiger partial charge in [0.1, 0.15) is 6.04 Å². The summed E-state index contributed by atoms with van der Waals surface area (Å²) in [4.78, 5) is 14.9. The van der Waals surface area contributed by atoms with Gasteiger partial charge in [0, 0.05) is 18.6 Å². The number of nitrogens with one attached hydrogen (secondary N) is 1. The van der Waals surface area contributed by atoms with Crippen LogP contribution in [0.25, 0.3) is 0 Å². The summed E-state index contributed by atoms with van der Waals surface area (Å²) in [6.45, 7) is 6.13. The Kier molecular flexibility index (Phi) is 3.09. The van der Waals surface area contributed by atoms with Crippen molar-refractivity contribution < 1.29 is 4.79 Å². The Labute approximate surface area is 115 Å². The number of hydrogen-bond acceptors (Lipinski definition) is 2. The number of carbonyl (C=O) groups excluding carboxylic acids is 1. The van der Waals surface area contributed by atoms with Crippen molar-refractivity contribution in [3.63, 3.8) is 0 Å². The Hall–Kier alpha value is -1.35. The van der Waals surface area contributed by atoms with Crippen molar-refractivity contribution in [2.45, 2.75) is 44.7 Å². The summed E-state index contributed by atoms with van der Waals surface area (Å²) in [6, 6.07) is 8.17. The molecular formula is C16H22N2O. The van der Waals surface area contributed by atoms with Crippen molar-refractivity contribution >= 4 is 5.91 Å². The number of carbonyl (C=O) groups is 1. The molecule has 0 radical (unpaired) electrons. The zero-order chi connectivity index (χ0) is 13.5. The summed E-state index contributed by atoms with van der Waals surface area (Å²) in [5.41, 5.74) is 2.49. The van der Waals surface area contributed by atoms with Gasteiger partial charge in [0.05, 0.1) is 0 Å². The summed E-state index contributed by atoms with van der Waals surface area (Å²) in [5, 5.41) is 3.40. The van der Waals surface area contributed by atoms with Gasteiger partial charge in [-0.05, 0) is 44.2 Å². The van der Waals surface area contributed by atoms with E-state index in [4.69, 9.17) is 0 Å². The lowest BCUT2D eigenvalue weighted by atomic mass is 9.92. The van der Waals surface area contributed by atoms with Gasteiger partial charge in [0.2, 0.25) is 5.91 Å². The molecule has 2 aliphatic rings. The minimum Gasteiger partial charge on any atom is -0.336 e. The van der Waals surface area contributed by atoms with Crippen molar-refractivity contribution in [2.24, 2.45) is 0 Å². The van der Waals surface area contributed by atoms with E-state index in [2.05, 4.69) is 42.3 Å². The van der Waals surface area contributed by atoms with E-state index in [-0.39, 0.29) is 17.5 Å². The third-order valence-electron chi connectivity index (χ3n) is 4.52. The van der Waals surface area contributed by atoms with Crippen molar-refractivity contribution in [3.8, 4) is 0 Å². The van der Waals surface area contributed by atoms with Gasteiger partial charge in [0.15, 0.2) is 0 Å². The third-order valence-corrected chi connectivity index (χ3v) is 4.52. The van der Waals surface area contributed by atoms with E-state index in [0.717, 1.165) is 32.4 Å². The van der Waals surface area contributed by atoms with E-state index in [1.54, 1.807) is 0 Å². The van der Waals surface area contributed by atoms with Gasteiger partial charge in [-0.3, -0.25) is 4.79 Å². The van der Waals surface area contributed by atoms with Crippen LogP contribution >= 0.6 is 0 Å². The Bertz CT molecular complexity index is 495. The molecule has 0 aliphatic carbocycles. The van der Waals surface area contributed by atoms with Crippen LogP contribution in [0.5, 0.6) is 0 Å². The molecule has 1 aromatic carbocycles. The van der Waals surface area contributed by atoms with Crippen LogP contribution in [-0.2, 0) is 11.2 Å². The zero-order valence-corrected chi connectivity index (χ0v) is 11.8. The summed E-state index contributed by atoms with van der Waals surface area (Å²) < 4.78 is 0. The lowest BCUT2D eigenvalue weighted by Gasteiger charge is -2.36. The molecule has 3 heteroatoms. The Morgan fingerprint density at radius 3 is 2.89 bits per heavy atom. The third kappa shape index (κ3) is 2.16. The van der Waals surface area contributed by atoms with Crippen LogP contribution in [0.4, 0.5) is 0 Å². The zero-order valence-electron chi connectivity index (χ0n) is 11.8. The molecule has 0 bridgehead atoms. The maximum absolute atomic E-state index is 12.8. The molecule has 102 valence electrons. The van der Waals surface area contributed by atoms with E-state index in [1.807, 2.05) is 6.07 Å². The van der Waals surface area contributed by atoms with E-state index in [0.29, 0.717) is 0 Å². The minimum atomic E-state index is -0.151. The highest BCUT2D eigenvalue weighted by molar-refractivity contribution is 5.85. The van der Waals surface area contributed by atoms with E-state index in [9.17, 15) is 4.79 Å². The molecule has 2 aliphatic heterocycles. The maximum Gasteiger partial charge on any atom is 0.244 e. The van der Waals surface area contributed by atoms with E-state index >= 15 is 0 Å². The highest BCUT2D eigenvalue weighted by atomic mass is 16.2. The predicted octanol–water partition coefficient (Wildman–Crippen LogP) is 2.27. The number of benzene rings is 1. The van der Waals surface area contributed by atoms with Crippen LogP contribution < -0.4 is 5.32 Å². The van der Waals surface area contributed by atoms with Crippen molar-refractivity contribution in [2.75, 3.05) is 13.1 Å². The summed E-state index contributed by atoms with van der Waals surface area (Å²) in [7, 11) is 0. The fraction of sp³-hybridized carbons (Fsp3) is 0.562. The Morgan fingerprint density at radius 2 is 2.16 bits per heavy atom. The lowest BCUT2D eigenvalue weighted by molar-refractivity contribution is -0.137. The molecule has 3 nitrogen and oxygen atoms in total. The summed E-state index contributed by atoms with van der Waals surface area (Å²) in [5.74, 6) is 0.245. The summed E-state index contributed by atoms with van der Waals surface area (Å²) >= 11 is 0. The molecule has 1 N–H and O–H groups in total. The fourth-order valence-corrected chi connectivity index (χ4v) is 3.40. The average Bonchev–Trinajstić information content (AvgIpc) is 2.77. The van der Waals surface area contributed by atoms with Gasteiger partial charge in [-0.15, -0.1) is 0 Å². The van der Waals surface area contributed by atoms with Crippen molar-refractivity contribution in [1.82, 2.24) is 10.2 Å². The number of rotatable bonds is 1. The highest BCUT2D eigenvalue weighted by Crippen LogP contribution is 2.32. The van der Waals surface area contributed by atoms with Crippen LogP contribution in [0.15, 0.2) is 24.3 Å². The molecule has 1 unspecified atom stereocenters. The molecule has 1 saturated heterocycles. The number of amides is 1. The predicted molar refractivity (Wildman–Crippen MR) is 75.9 cm³/mol. The first-order valence-corrected chi connectivity index (χ1v) is 7.22. The first-order valence-electron chi connectivity index (χ1n) is 7.22. The molecule has 19 heavy (non-hydrogen) atoms. The quantitative estimate of drug-likeness (QED) is 0.838. The minimum absolute atomic E-state index is 0.00511. The monoisotopic (exact) mass is 258 g/mol. The maximum atomic E-state index is 12.8. The lowest BCUT2D eigenvalue weighted by Crippen LogP contribution is -2.49. The average molecular weight is 258 g/mol. The van der Waals surface area contributed by atoms with Crippen molar-refractivity contribution in [3.05, 3.63) is 35.4 Å². The first-order chi connectivity index (χ1) is 9.09. The van der Waals surface area contributed by atoms with E-state index < -0.39 is 0 Å². The van der Waals surface area contributed by atoms with Gasteiger partial charge in [-0.1, -0.05) is 24.3 Å². The molecular weight excluding hydrogens is 236 g/mol. The SMILES string of the molecule is CC1(C)CCCN1C(=O)C1NCCc2ccccc21. The second-order valence-corrected chi connectivity index (χ2v) is 6.24. The molecule has 2 heterocycles. The van der Waals surface area contributed by atoms with Gasteiger partial charge in [-0.2, -0.15) is 0 Å².